The number of hydrogen-bond donors (Lipinski definition) is 1. The van der Waals surface area contributed by atoms with Crippen LogP contribution in [-0.4, -0.2) is 34.6 Å². The fourth-order valence-corrected chi connectivity index (χ4v) is 3.20. The summed E-state index contributed by atoms with van der Waals surface area (Å²) in [6, 6.07) is 15.2. The standard InChI is InChI=1S/C19H21N3O/c1-14-11-20-19(21-14)18-13-22(8-9-23-18)12-15-6-7-16-4-2-3-5-17(16)10-15/h2-7,10-11,18H,8-9,12-13H2,1H3,(H,20,21)/t18-/m0/s1. The number of fused-ring (bicyclic) bond motifs is 1. The number of rotatable bonds is 3. The number of benzene rings is 2. The number of aryl methyl sites for hydroxylation is 1. The Balaban J connectivity index is 1.48. The van der Waals surface area contributed by atoms with E-state index < -0.39 is 0 Å². The summed E-state index contributed by atoms with van der Waals surface area (Å²) < 4.78 is 5.88. The zero-order chi connectivity index (χ0) is 15.6. The van der Waals surface area contributed by atoms with Crippen LogP contribution in [0.2, 0.25) is 0 Å². The van der Waals surface area contributed by atoms with Crippen LogP contribution < -0.4 is 0 Å². The summed E-state index contributed by atoms with van der Waals surface area (Å²) in [6.07, 6.45) is 1.90. The lowest BCUT2D eigenvalue weighted by atomic mass is 10.1. The first-order valence-electron chi connectivity index (χ1n) is 8.11. The average Bonchev–Trinajstić information content (AvgIpc) is 3.02. The van der Waals surface area contributed by atoms with Crippen molar-refractivity contribution in [2.75, 3.05) is 19.7 Å². The molecule has 0 aliphatic carbocycles. The molecule has 0 saturated carbocycles. The molecule has 3 aromatic rings. The summed E-state index contributed by atoms with van der Waals surface area (Å²) in [6.45, 7) is 5.55. The second-order valence-corrected chi connectivity index (χ2v) is 6.23. The lowest BCUT2D eigenvalue weighted by Gasteiger charge is -2.32. The van der Waals surface area contributed by atoms with E-state index in [0.717, 1.165) is 37.8 Å². The molecule has 0 spiro atoms. The molecular formula is C19H21N3O. The molecule has 4 nitrogen and oxygen atoms in total. The molecule has 1 N–H and O–H groups in total. The maximum atomic E-state index is 5.88. The van der Waals surface area contributed by atoms with Crippen molar-refractivity contribution >= 4 is 10.8 Å². The van der Waals surface area contributed by atoms with Gasteiger partial charge in [-0.3, -0.25) is 4.90 Å². The Morgan fingerprint density at radius 1 is 1.22 bits per heavy atom. The van der Waals surface area contributed by atoms with Gasteiger partial charge in [0.25, 0.3) is 0 Å². The van der Waals surface area contributed by atoms with Crippen LogP contribution in [0.15, 0.2) is 48.7 Å². The van der Waals surface area contributed by atoms with Gasteiger partial charge < -0.3 is 9.72 Å². The quantitative estimate of drug-likeness (QED) is 0.806. The molecule has 1 fully saturated rings. The topological polar surface area (TPSA) is 41.2 Å². The zero-order valence-corrected chi connectivity index (χ0v) is 13.3. The summed E-state index contributed by atoms with van der Waals surface area (Å²) in [4.78, 5) is 10.1. The molecule has 0 bridgehead atoms. The van der Waals surface area contributed by atoms with Crippen molar-refractivity contribution in [1.82, 2.24) is 14.9 Å². The number of imidazole rings is 1. The summed E-state index contributed by atoms with van der Waals surface area (Å²) >= 11 is 0. The van der Waals surface area contributed by atoms with E-state index in [2.05, 4.69) is 57.3 Å². The molecule has 1 aliphatic rings. The summed E-state index contributed by atoms with van der Waals surface area (Å²) in [5, 5.41) is 2.60. The first-order valence-corrected chi connectivity index (χ1v) is 8.11. The van der Waals surface area contributed by atoms with Crippen molar-refractivity contribution in [3.8, 4) is 0 Å². The first-order chi connectivity index (χ1) is 11.3. The minimum atomic E-state index is 0.0397. The highest BCUT2D eigenvalue weighted by atomic mass is 16.5. The van der Waals surface area contributed by atoms with Gasteiger partial charge in [-0.05, 0) is 29.3 Å². The minimum Gasteiger partial charge on any atom is -0.368 e. The van der Waals surface area contributed by atoms with Gasteiger partial charge in [-0.2, -0.15) is 0 Å². The van der Waals surface area contributed by atoms with Gasteiger partial charge in [0.2, 0.25) is 0 Å². The van der Waals surface area contributed by atoms with Gasteiger partial charge in [0.15, 0.2) is 0 Å². The Morgan fingerprint density at radius 3 is 2.91 bits per heavy atom. The predicted molar refractivity (Wildman–Crippen MR) is 91.2 cm³/mol. The van der Waals surface area contributed by atoms with Crippen LogP contribution in [0.3, 0.4) is 0 Å². The summed E-state index contributed by atoms with van der Waals surface area (Å²) in [5.74, 6) is 0.936. The normalized spacial score (nSPS) is 19.3. The maximum Gasteiger partial charge on any atom is 0.136 e. The van der Waals surface area contributed by atoms with Crippen LogP contribution in [-0.2, 0) is 11.3 Å². The second-order valence-electron chi connectivity index (χ2n) is 6.23. The Hall–Kier alpha value is -2.17. The van der Waals surface area contributed by atoms with Crippen LogP contribution in [0.5, 0.6) is 0 Å². The number of H-pyrrole nitrogens is 1. The van der Waals surface area contributed by atoms with E-state index in [0.29, 0.717) is 0 Å². The van der Waals surface area contributed by atoms with Gasteiger partial charge in [0.05, 0.1) is 6.61 Å². The van der Waals surface area contributed by atoms with Gasteiger partial charge in [-0.15, -0.1) is 0 Å². The highest BCUT2D eigenvalue weighted by Crippen LogP contribution is 2.22. The summed E-state index contributed by atoms with van der Waals surface area (Å²) in [5.41, 5.74) is 2.43. The van der Waals surface area contributed by atoms with Gasteiger partial charge >= 0.3 is 0 Å². The number of nitrogens with one attached hydrogen (secondary N) is 1. The monoisotopic (exact) mass is 307 g/mol. The minimum absolute atomic E-state index is 0.0397. The smallest absolute Gasteiger partial charge is 0.136 e. The number of aromatic nitrogens is 2. The lowest BCUT2D eigenvalue weighted by molar-refractivity contribution is -0.0368. The molecule has 1 atom stereocenters. The number of ether oxygens (including phenoxy) is 1. The van der Waals surface area contributed by atoms with Crippen LogP contribution >= 0.6 is 0 Å². The lowest BCUT2D eigenvalue weighted by Crippen LogP contribution is -2.38. The Kier molecular flexibility index (Phi) is 3.85. The van der Waals surface area contributed by atoms with Gasteiger partial charge in [-0.25, -0.2) is 4.98 Å². The first kappa shape index (κ1) is 14.4. The number of hydrogen-bond acceptors (Lipinski definition) is 3. The van der Waals surface area contributed by atoms with Crippen LogP contribution in [0.25, 0.3) is 10.8 Å². The van der Waals surface area contributed by atoms with Gasteiger partial charge in [0, 0.05) is 31.5 Å². The fourth-order valence-electron chi connectivity index (χ4n) is 3.20. The molecule has 2 heterocycles. The van der Waals surface area contributed by atoms with Crippen LogP contribution in [0.1, 0.15) is 23.2 Å². The SMILES string of the molecule is Cc1cnc([C@@H]2CN(Cc3ccc4ccccc4c3)CCO2)[nH]1. The van der Waals surface area contributed by atoms with E-state index in [1.807, 2.05) is 13.1 Å². The largest absolute Gasteiger partial charge is 0.368 e. The van der Waals surface area contributed by atoms with Crippen molar-refractivity contribution in [3.63, 3.8) is 0 Å². The number of morpholine rings is 1. The molecule has 0 radical (unpaired) electrons. The molecule has 4 rings (SSSR count). The van der Waals surface area contributed by atoms with E-state index in [1.54, 1.807) is 0 Å². The molecule has 1 saturated heterocycles. The Labute approximate surface area is 136 Å². The van der Waals surface area contributed by atoms with Crippen molar-refractivity contribution < 1.29 is 4.74 Å². The molecule has 2 aromatic carbocycles. The van der Waals surface area contributed by atoms with Gasteiger partial charge in [0.1, 0.15) is 11.9 Å². The van der Waals surface area contributed by atoms with Crippen molar-refractivity contribution in [2.24, 2.45) is 0 Å². The molecule has 1 aromatic heterocycles. The molecule has 23 heavy (non-hydrogen) atoms. The third-order valence-electron chi connectivity index (χ3n) is 4.40. The van der Waals surface area contributed by atoms with Crippen LogP contribution in [0.4, 0.5) is 0 Å². The predicted octanol–water partition coefficient (Wildman–Crippen LogP) is 3.44. The highest BCUT2D eigenvalue weighted by Gasteiger charge is 2.24. The molecule has 118 valence electrons. The van der Waals surface area contributed by atoms with E-state index >= 15 is 0 Å². The second kappa shape index (κ2) is 6.14. The van der Waals surface area contributed by atoms with E-state index in [1.165, 1.54) is 16.3 Å². The molecule has 4 heteroatoms. The molecule has 0 unspecified atom stereocenters. The molecule has 1 aliphatic heterocycles. The number of aromatic amines is 1. The molecular weight excluding hydrogens is 286 g/mol. The Bertz CT molecular complexity index is 811. The Morgan fingerprint density at radius 2 is 2.09 bits per heavy atom. The fraction of sp³-hybridized carbons (Fsp3) is 0.316. The zero-order valence-electron chi connectivity index (χ0n) is 13.3. The van der Waals surface area contributed by atoms with Crippen molar-refractivity contribution in [1.29, 1.82) is 0 Å². The van der Waals surface area contributed by atoms with Gasteiger partial charge in [-0.1, -0.05) is 36.4 Å². The van der Waals surface area contributed by atoms with E-state index in [9.17, 15) is 0 Å². The third-order valence-corrected chi connectivity index (χ3v) is 4.40. The van der Waals surface area contributed by atoms with Crippen LogP contribution in [0, 0.1) is 6.92 Å². The third kappa shape index (κ3) is 3.14. The average molecular weight is 307 g/mol. The van der Waals surface area contributed by atoms with Crippen molar-refractivity contribution in [2.45, 2.75) is 19.6 Å². The van der Waals surface area contributed by atoms with E-state index in [4.69, 9.17) is 4.74 Å². The highest BCUT2D eigenvalue weighted by molar-refractivity contribution is 5.82. The van der Waals surface area contributed by atoms with Crippen molar-refractivity contribution in [3.05, 3.63) is 65.7 Å². The maximum absolute atomic E-state index is 5.88. The number of nitrogens with zero attached hydrogens (tertiary/aromatic N) is 2. The summed E-state index contributed by atoms with van der Waals surface area (Å²) in [7, 11) is 0. The van der Waals surface area contributed by atoms with E-state index in [-0.39, 0.29) is 6.10 Å². The molecule has 0 amide bonds.